The lowest BCUT2D eigenvalue weighted by atomic mass is 9.96. The summed E-state index contributed by atoms with van der Waals surface area (Å²) >= 11 is 0. The maximum atomic E-state index is 11.3. The molecule has 0 spiro atoms. The number of benzene rings is 1. The van der Waals surface area contributed by atoms with Gasteiger partial charge in [-0.15, -0.1) is 0 Å². The predicted molar refractivity (Wildman–Crippen MR) is 77.8 cm³/mol. The molecule has 1 aromatic rings. The Bertz CT molecular complexity index is 518. The number of carbonyl (C=O) groups is 1. The van der Waals surface area contributed by atoms with Crippen molar-refractivity contribution in [2.24, 2.45) is 5.73 Å². The van der Waals surface area contributed by atoms with Crippen LogP contribution in [0.5, 0.6) is 0 Å². The minimum Gasteiger partial charge on any atom is -0.396 e. The lowest BCUT2D eigenvalue weighted by Gasteiger charge is -2.28. The summed E-state index contributed by atoms with van der Waals surface area (Å²) < 4.78 is 0. The third-order valence-corrected chi connectivity index (χ3v) is 3.69. The number of nitrogens with one attached hydrogen (secondary N) is 2. The van der Waals surface area contributed by atoms with Gasteiger partial charge in [0.1, 0.15) is 0 Å². The van der Waals surface area contributed by atoms with Crippen molar-refractivity contribution in [1.29, 1.82) is 0 Å². The van der Waals surface area contributed by atoms with E-state index in [4.69, 9.17) is 11.5 Å². The molecule has 5 heteroatoms. The maximum absolute atomic E-state index is 11.3. The zero-order chi connectivity index (χ0) is 14.0. The first-order valence-electron chi connectivity index (χ1n) is 6.34. The van der Waals surface area contributed by atoms with Gasteiger partial charge in [0.05, 0.1) is 22.5 Å². The van der Waals surface area contributed by atoms with E-state index in [0.717, 1.165) is 25.1 Å². The Morgan fingerprint density at radius 3 is 2.84 bits per heavy atom. The minimum absolute atomic E-state index is 0.144. The molecule has 1 atom stereocenters. The summed E-state index contributed by atoms with van der Waals surface area (Å²) in [6, 6.07) is 5.17. The van der Waals surface area contributed by atoms with Crippen LogP contribution in [0.3, 0.4) is 0 Å². The number of hydrogen-bond acceptors (Lipinski definition) is 4. The second kappa shape index (κ2) is 4.93. The smallest absolute Gasteiger partial charge is 0.250 e. The van der Waals surface area contributed by atoms with Crippen molar-refractivity contribution >= 4 is 17.3 Å². The van der Waals surface area contributed by atoms with Crippen LogP contribution < -0.4 is 22.1 Å². The highest BCUT2D eigenvalue weighted by molar-refractivity contribution is 6.00. The number of nitrogens with two attached hydrogens (primary N) is 2. The topological polar surface area (TPSA) is 93.2 Å². The van der Waals surface area contributed by atoms with Crippen molar-refractivity contribution in [3.8, 4) is 0 Å². The van der Waals surface area contributed by atoms with Crippen molar-refractivity contribution in [1.82, 2.24) is 5.32 Å². The number of rotatable bonds is 4. The largest absolute Gasteiger partial charge is 0.396 e. The zero-order valence-electron chi connectivity index (χ0n) is 11.1. The Balaban J connectivity index is 2.22. The molecule has 1 fully saturated rings. The molecule has 0 unspecified atom stereocenters. The van der Waals surface area contributed by atoms with E-state index in [1.165, 1.54) is 0 Å². The fourth-order valence-electron chi connectivity index (χ4n) is 2.34. The predicted octanol–water partition coefficient (Wildman–Crippen LogP) is 1.44. The zero-order valence-corrected chi connectivity index (χ0v) is 11.1. The van der Waals surface area contributed by atoms with E-state index in [0.29, 0.717) is 16.9 Å². The van der Waals surface area contributed by atoms with Crippen molar-refractivity contribution < 1.29 is 4.79 Å². The van der Waals surface area contributed by atoms with Gasteiger partial charge in [-0.2, -0.15) is 0 Å². The summed E-state index contributed by atoms with van der Waals surface area (Å²) in [5.74, 6) is -0.531. The molecule has 1 aliphatic rings. The molecule has 1 aliphatic heterocycles. The van der Waals surface area contributed by atoms with Gasteiger partial charge >= 0.3 is 0 Å². The van der Waals surface area contributed by atoms with Crippen LogP contribution in [0.25, 0.3) is 0 Å². The summed E-state index contributed by atoms with van der Waals surface area (Å²) in [6.07, 6.45) is 2.14. The third kappa shape index (κ3) is 2.56. The van der Waals surface area contributed by atoms with E-state index in [1.807, 2.05) is 6.07 Å². The van der Waals surface area contributed by atoms with E-state index >= 15 is 0 Å². The van der Waals surface area contributed by atoms with Crippen molar-refractivity contribution in [2.75, 3.05) is 17.6 Å². The Morgan fingerprint density at radius 1 is 1.53 bits per heavy atom. The van der Waals surface area contributed by atoms with Crippen LogP contribution in [0.15, 0.2) is 30.5 Å². The van der Waals surface area contributed by atoms with Gasteiger partial charge in [-0.1, -0.05) is 12.6 Å². The van der Waals surface area contributed by atoms with Crippen LogP contribution in [0.4, 0.5) is 11.4 Å². The minimum atomic E-state index is -0.531. The first-order valence-corrected chi connectivity index (χ1v) is 6.34. The molecule has 0 radical (unpaired) electrons. The Hall–Kier alpha value is -2.01. The van der Waals surface area contributed by atoms with Crippen molar-refractivity contribution in [2.45, 2.75) is 25.3 Å². The second-order valence-electron chi connectivity index (χ2n) is 5.10. The van der Waals surface area contributed by atoms with Gasteiger partial charge in [-0.05, 0) is 38.4 Å². The average Bonchev–Trinajstić information content (AvgIpc) is 2.80. The summed E-state index contributed by atoms with van der Waals surface area (Å²) in [7, 11) is 0. The molecule has 6 N–H and O–H groups in total. The SMILES string of the molecule is C=C(Nc1cccc(C(N)=O)c1N)[C@@]1(C)CCCN1. The molecule has 5 nitrogen and oxygen atoms in total. The number of primary amides is 1. The molecule has 1 amide bonds. The van der Waals surface area contributed by atoms with Crippen LogP contribution in [0.1, 0.15) is 30.1 Å². The van der Waals surface area contributed by atoms with Crippen LogP contribution in [-0.4, -0.2) is 18.0 Å². The number of carbonyl (C=O) groups excluding carboxylic acids is 1. The lowest BCUT2D eigenvalue weighted by molar-refractivity contribution is 0.100. The fraction of sp³-hybridized carbons (Fsp3) is 0.357. The molecular weight excluding hydrogens is 240 g/mol. The maximum Gasteiger partial charge on any atom is 0.250 e. The van der Waals surface area contributed by atoms with Crippen LogP contribution >= 0.6 is 0 Å². The fourth-order valence-corrected chi connectivity index (χ4v) is 2.34. The quantitative estimate of drug-likeness (QED) is 0.616. The van der Waals surface area contributed by atoms with Crippen LogP contribution in [0, 0.1) is 0 Å². The van der Waals surface area contributed by atoms with Crippen molar-refractivity contribution in [3.63, 3.8) is 0 Å². The first-order chi connectivity index (χ1) is 8.94. The number of anilines is 2. The van der Waals surface area contributed by atoms with E-state index < -0.39 is 5.91 Å². The Kier molecular flexibility index (Phi) is 3.48. The molecule has 19 heavy (non-hydrogen) atoms. The molecule has 0 bridgehead atoms. The lowest BCUT2D eigenvalue weighted by Crippen LogP contribution is -2.40. The van der Waals surface area contributed by atoms with Gasteiger partial charge < -0.3 is 22.1 Å². The first kappa shape index (κ1) is 13.4. The molecule has 1 saturated heterocycles. The number of para-hydroxylation sites is 1. The Morgan fingerprint density at radius 2 is 2.26 bits per heavy atom. The molecule has 102 valence electrons. The van der Waals surface area contributed by atoms with E-state index in [-0.39, 0.29) is 5.54 Å². The highest BCUT2D eigenvalue weighted by Crippen LogP contribution is 2.30. The second-order valence-corrected chi connectivity index (χ2v) is 5.10. The molecule has 2 rings (SSSR count). The van der Waals surface area contributed by atoms with Gasteiger partial charge in [0.15, 0.2) is 0 Å². The van der Waals surface area contributed by atoms with Gasteiger partial charge in [0, 0.05) is 5.70 Å². The number of hydrogen-bond donors (Lipinski definition) is 4. The van der Waals surface area contributed by atoms with Gasteiger partial charge in [0.2, 0.25) is 0 Å². The summed E-state index contributed by atoms with van der Waals surface area (Å²) in [4.78, 5) is 11.3. The summed E-state index contributed by atoms with van der Waals surface area (Å²) in [6.45, 7) is 7.15. The van der Waals surface area contributed by atoms with E-state index in [2.05, 4.69) is 24.1 Å². The molecule has 1 aromatic carbocycles. The van der Waals surface area contributed by atoms with Gasteiger partial charge in [0.25, 0.3) is 5.91 Å². The number of amides is 1. The molecular formula is C14H20N4O. The van der Waals surface area contributed by atoms with Crippen LogP contribution in [0.2, 0.25) is 0 Å². The molecule has 1 heterocycles. The Labute approximate surface area is 113 Å². The molecule has 0 aliphatic carbocycles. The third-order valence-electron chi connectivity index (χ3n) is 3.69. The van der Waals surface area contributed by atoms with Gasteiger partial charge in [-0.3, -0.25) is 4.79 Å². The standard InChI is InChI=1S/C14H20N4O/c1-9(14(2)7-4-8-17-14)18-11-6-3-5-10(12(11)15)13(16)19/h3,5-6,17-18H,1,4,7-8,15H2,2H3,(H2,16,19)/t14-/m1/s1. The van der Waals surface area contributed by atoms with E-state index in [9.17, 15) is 4.79 Å². The summed E-state index contributed by atoms with van der Waals surface area (Å²) in [5, 5.41) is 6.61. The summed E-state index contributed by atoms with van der Waals surface area (Å²) in [5.41, 5.74) is 13.3. The molecule has 0 saturated carbocycles. The highest BCUT2D eigenvalue weighted by Gasteiger charge is 2.31. The number of nitrogen functional groups attached to an aromatic ring is 1. The normalized spacial score (nSPS) is 22.2. The van der Waals surface area contributed by atoms with E-state index in [1.54, 1.807) is 12.1 Å². The average molecular weight is 260 g/mol. The van der Waals surface area contributed by atoms with Crippen molar-refractivity contribution in [3.05, 3.63) is 36.0 Å². The highest BCUT2D eigenvalue weighted by atomic mass is 16.1. The molecule has 0 aromatic heterocycles. The monoisotopic (exact) mass is 260 g/mol. The van der Waals surface area contributed by atoms with Crippen LogP contribution in [-0.2, 0) is 0 Å². The van der Waals surface area contributed by atoms with Gasteiger partial charge in [-0.25, -0.2) is 0 Å².